The lowest BCUT2D eigenvalue weighted by atomic mass is 9.76. The third kappa shape index (κ3) is 10.1. The quantitative estimate of drug-likeness (QED) is 0.206. The zero-order valence-electron chi connectivity index (χ0n) is 24.3. The molecule has 0 saturated heterocycles. The first-order chi connectivity index (χ1) is 19.0. The van der Waals surface area contributed by atoms with Crippen molar-refractivity contribution in [2.24, 2.45) is 11.8 Å². The molecule has 39 heavy (non-hydrogen) atoms. The van der Waals surface area contributed by atoms with Gasteiger partial charge in [-0.25, -0.2) is 0 Å². The summed E-state index contributed by atoms with van der Waals surface area (Å²) in [6.07, 6.45) is 27.3. The van der Waals surface area contributed by atoms with Crippen molar-refractivity contribution in [2.75, 3.05) is 0 Å². The summed E-state index contributed by atoms with van der Waals surface area (Å²) in [5.41, 5.74) is 4.14. The van der Waals surface area contributed by atoms with Crippen molar-refractivity contribution in [1.29, 1.82) is 0 Å². The topological polar surface area (TPSA) is 37.3 Å². The van der Waals surface area contributed by atoms with Crippen molar-refractivity contribution >= 4 is 5.78 Å². The highest BCUT2D eigenvalue weighted by Crippen LogP contribution is 2.35. The molecule has 3 unspecified atom stereocenters. The number of aliphatic hydroxyl groups is 1. The summed E-state index contributed by atoms with van der Waals surface area (Å²) >= 11 is 0. The van der Waals surface area contributed by atoms with Crippen molar-refractivity contribution < 1.29 is 9.90 Å². The monoisotopic (exact) mass is 524 g/mol. The Morgan fingerprint density at radius 2 is 1.82 bits per heavy atom. The summed E-state index contributed by atoms with van der Waals surface area (Å²) in [6.45, 7) is 14.3. The fourth-order valence-corrected chi connectivity index (χ4v) is 5.49. The first-order valence-corrected chi connectivity index (χ1v) is 14.5. The summed E-state index contributed by atoms with van der Waals surface area (Å²) in [4.78, 5) is 14.1. The second-order valence-electron chi connectivity index (χ2n) is 10.3. The number of ketones is 1. The smallest absolute Gasteiger partial charge is 0.147 e. The van der Waals surface area contributed by atoms with Gasteiger partial charge in [0.1, 0.15) is 5.78 Å². The third-order valence-electron chi connectivity index (χ3n) is 7.35. The molecule has 0 radical (unpaired) electrons. The van der Waals surface area contributed by atoms with E-state index >= 15 is 0 Å². The van der Waals surface area contributed by atoms with Crippen LogP contribution >= 0.6 is 0 Å². The predicted molar refractivity (Wildman–Crippen MR) is 169 cm³/mol. The molecule has 0 heterocycles. The number of rotatable bonds is 17. The van der Waals surface area contributed by atoms with Gasteiger partial charge in [-0.05, 0) is 62.7 Å². The number of Topliss-reactive ketones (excluding diaryl/α,β-unsaturated/α-hetero) is 1. The van der Waals surface area contributed by atoms with Crippen molar-refractivity contribution in [3.8, 4) is 0 Å². The number of aliphatic hydroxyl groups excluding tert-OH is 1. The van der Waals surface area contributed by atoms with Gasteiger partial charge < -0.3 is 5.11 Å². The Bertz CT molecular complexity index is 1090. The average Bonchev–Trinajstić information content (AvgIpc) is 2.94. The first-order valence-electron chi connectivity index (χ1n) is 14.5. The first kappa shape index (κ1) is 32.0. The van der Waals surface area contributed by atoms with E-state index in [-0.39, 0.29) is 23.5 Å². The van der Waals surface area contributed by atoms with E-state index in [1.54, 1.807) is 6.08 Å². The fourth-order valence-electron chi connectivity index (χ4n) is 5.49. The van der Waals surface area contributed by atoms with Crippen molar-refractivity contribution in [1.82, 2.24) is 0 Å². The molecule has 1 N–H and O–H groups in total. The lowest BCUT2D eigenvalue weighted by Crippen LogP contribution is -2.28. The molecule has 0 aliphatic heterocycles. The van der Waals surface area contributed by atoms with Crippen LogP contribution in [0.5, 0.6) is 0 Å². The van der Waals surface area contributed by atoms with Gasteiger partial charge in [-0.3, -0.25) is 4.79 Å². The fraction of sp³-hybridized carbons (Fsp3) is 0.378. The van der Waals surface area contributed by atoms with Gasteiger partial charge in [0.2, 0.25) is 0 Å². The minimum atomic E-state index is -0.575. The number of allylic oxidation sites excluding steroid dienone is 13. The molecule has 208 valence electrons. The van der Waals surface area contributed by atoms with Crippen molar-refractivity contribution in [3.63, 3.8) is 0 Å². The Morgan fingerprint density at radius 1 is 1.05 bits per heavy atom. The van der Waals surface area contributed by atoms with E-state index in [9.17, 15) is 9.90 Å². The van der Waals surface area contributed by atoms with Crippen LogP contribution in [0.2, 0.25) is 0 Å². The lowest BCUT2D eigenvalue weighted by Gasteiger charge is -2.28. The van der Waals surface area contributed by atoms with Crippen LogP contribution in [0.15, 0.2) is 127 Å². The lowest BCUT2D eigenvalue weighted by molar-refractivity contribution is -0.125. The predicted octanol–water partition coefficient (Wildman–Crippen LogP) is 9.56. The second-order valence-corrected chi connectivity index (χ2v) is 10.3. The van der Waals surface area contributed by atoms with Gasteiger partial charge in [-0.1, -0.05) is 136 Å². The van der Waals surface area contributed by atoms with E-state index in [4.69, 9.17) is 0 Å². The summed E-state index contributed by atoms with van der Waals surface area (Å²) in [5, 5.41) is 11.4. The van der Waals surface area contributed by atoms with E-state index in [0.717, 1.165) is 55.2 Å². The van der Waals surface area contributed by atoms with Gasteiger partial charge in [-0.2, -0.15) is 0 Å². The number of hydrogen-bond acceptors (Lipinski definition) is 2. The van der Waals surface area contributed by atoms with E-state index < -0.39 is 6.10 Å². The summed E-state index contributed by atoms with van der Waals surface area (Å²) in [6, 6.07) is 10.1. The van der Waals surface area contributed by atoms with Gasteiger partial charge in [-0.15, -0.1) is 0 Å². The number of carbonyl (C=O) groups is 1. The number of hydrogen-bond donors (Lipinski definition) is 1. The molecule has 0 amide bonds. The zero-order valence-corrected chi connectivity index (χ0v) is 24.3. The highest BCUT2D eigenvalue weighted by molar-refractivity contribution is 5.89. The Morgan fingerprint density at radius 3 is 2.44 bits per heavy atom. The maximum absolute atomic E-state index is 14.1. The summed E-state index contributed by atoms with van der Waals surface area (Å²) in [7, 11) is 0. The second kappa shape index (κ2) is 18.1. The van der Waals surface area contributed by atoms with Gasteiger partial charge in [0.25, 0.3) is 0 Å². The van der Waals surface area contributed by atoms with Crippen LogP contribution in [0.25, 0.3) is 0 Å². The maximum atomic E-state index is 14.1. The molecule has 2 nitrogen and oxygen atoms in total. The highest BCUT2D eigenvalue weighted by Gasteiger charge is 2.31. The normalized spacial score (nSPS) is 17.3. The zero-order chi connectivity index (χ0) is 28.5. The maximum Gasteiger partial charge on any atom is 0.147 e. The molecule has 1 aliphatic rings. The Balaban J connectivity index is 2.23. The molecule has 1 aliphatic carbocycles. The van der Waals surface area contributed by atoms with E-state index in [0.29, 0.717) is 6.42 Å². The third-order valence-corrected chi connectivity index (χ3v) is 7.35. The van der Waals surface area contributed by atoms with Crippen LogP contribution in [0.1, 0.15) is 77.2 Å². The number of benzene rings is 1. The molecule has 2 rings (SSSR count). The SMILES string of the molecule is C=C/C=C(\C=C/C)C(C(=O)C(CCC)CCC[C@H](O)C(C(=C)/C=C\C=C/C)c1ccccc1)C1=CC=CCC1. The summed E-state index contributed by atoms with van der Waals surface area (Å²) in [5.74, 6) is -0.196. The Hall–Kier alpha value is -3.23. The average molecular weight is 525 g/mol. The van der Waals surface area contributed by atoms with Crippen LogP contribution in [0, 0.1) is 11.8 Å². The highest BCUT2D eigenvalue weighted by atomic mass is 16.3. The molecular weight excluding hydrogens is 476 g/mol. The summed E-state index contributed by atoms with van der Waals surface area (Å²) < 4.78 is 0. The molecule has 0 aromatic heterocycles. The number of carbonyl (C=O) groups excluding carboxylic acids is 1. The van der Waals surface area contributed by atoms with Gasteiger partial charge in [0.15, 0.2) is 0 Å². The minimum Gasteiger partial charge on any atom is -0.392 e. The molecule has 2 heteroatoms. The molecule has 0 saturated carbocycles. The van der Waals surface area contributed by atoms with Gasteiger partial charge in [0, 0.05) is 11.8 Å². The van der Waals surface area contributed by atoms with Crippen molar-refractivity contribution in [3.05, 3.63) is 133 Å². The molecule has 1 aromatic rings. The van der Waals surface area contributed by atoms with E-state index in [1.165, 1.54) is 5.57 Å². The molecule has 0 fully saturated rings. The molecule has 1 aromatic carbocycles. The molecular formula is C37H48O2. The molecule has 0 spiro atoms. The van der Waals surface area contributed by atoms with Crippen LogP contribution in [0.4, 0.5) is 0 Å². The van der Waals surface area contributed by atoms with Gasteiger partial charge in [0.05, 0.1) is 12.0 Å². The van der Waals surface area contributed by atoms with Crippen molar-refractivity contribution in [2.45, 2.75) is 77.7 Å². The van der Waals surface area contributed by atoms with E-state index in [2.05, 4.69) is 50.4 Å². The van der Waals surface area contributed by atoms with Crippen LogP contribution in [-0.2, 0) is 4.79 Å². The molecule has 4 atom stereocenters. The Labute approximate surface area is 237 Å². The van der Waals surface area contributed by atoms with Crippen LogP contribution < -0.4 is 0 Å². The van der Waals surface area contributed by atoms with Gasteiger partial charge >= 0.3 is 0 Å². The Kier molecular flexibility index (Phi) is 14.9. The molecule has 0 bridgehead atoms. The van der Waals surface area contributed by atoms with Crippen LogP contribution in [-0.4, -0.2) is 17.0 Å². The minimum absolute atomic E-state index is 0.0505. The van der Waals surface area contributed by atoms with E-state index in [1.807, 2.05) is 74.6 Å². The largest absolute Gasteiger partial charge is 0.392 e. The van der Waals surface area contributed by atoms with Crippen LogP contribution in [0.3, 0.4) is 0 Å². The standard InChI is InChI=1S/C37H48O2/c1-6-10-13-22-29(5)35(31-23-14-11-15-24-31)34(38)28-18-27-33(21-9-4)37(39)36(30(19-7-2)20-8-3)32-25-16-12-17-26-32/h6-8,10-16,19-20,22-25,33-36,38H,2,5,9,17-18,21,26-28H2,1,3-4H3/b10-6-,20-8-,22-13-,30-19+/t33?,34-,35?,36?/m0/s1.